The van der Waals surface area contributed by atoms with Crippen molar-refractivity contribution in [3.63, 3.8) is 0 Å². The fourth-order valence-corrected chi connectivity index (χ4v) is 2.81. The van der Waals surface area contributed by atoms with Gasteiger partial charge in [-0.1, -0.05) is 26.3 Å². The molecule has 1 aliphatic heterocycles. The predicted molar refractivity (Wildman–Crippen MR) is 107 cm³/mol. The fraction of sp³-hybridized carbons (Fsp3) is 0.400. The average Bonchev–Trinajstić information content (AvgIpc) is 2.71. The van der Waals surface area contributed by atoms with Crippen LogP contribution in [0.2, 0.25) is 0 Å². The molecule has 0 aromatic heterocycles. The number of amides is 4. The maximum absolute atomic E-state index is 12.2. The molecule has 0 unspecified atom stereocenters. The highest BCUT2D eigenvalue weighted by Crippen LogP contribution is 2.04. The van der Waals surface area contributed by atoms with Crippen LogP contribution in [0, 0.1) is 0 Å². The maximum atomic E-state index is 12.2. The molecule has 0 atom stereocenters. The Morgan fingerprint density at radius 3 is 0.679 bits per heavy atom. The van der Waals surface area contributed by atoms with E-state index in [0.717, 1.165) is 0 Å². The Morgan fingerprint density at radius 1 is 0.429 bits per heavy atom. The number of hydrogen-bond donors (Lipinski definition) is 0. The molecule has 8 heteroatoms. The third kappa shape index (κ3) is 6.53. The highest BCUT2D eigenvalue weighted by atomic mass is 16.2. The van der Waals surface area contributed by atoms with Crippen LogP contribution >= 0.6 is 0 Å². The normalized spacial score (nSPS) is 16.3. The number of hydrogen-bond acceptors (Lipinski definition) is 4. The van der Waals surface area contributed by atoms with Crippen LogP contribution < -0.4 is 0 Å². The van der Waals surface area contributed by atoms with Crippen LogP contribution in [0.4, 0.5) is 0 Å². The molecule has 0 aliphatic carbocycles. The van der Waals surface area contributed by atoms with Gasteiger partial charge in [-0.2, -0.15) is 0 Å². The summed E-state index contributed by atoms with van der Waals surface area (Å²) in [6.45, 7) is 16.2. The Labute approximate surface area is 166 Å². The molecule has 0 aromatic carbocycles. The van der Waals surface area contributed by atoms with Crippen molar-refractivity contribution >= 4 is 23.6 Å². The molecule has 0 saturated carbocycles. The van der Waals surface area contributed by atoms with Gasteiger partial charge >= 0.3 is 0 Å². The Hall–Kier alpha value is -3.16. The molecular formula is C20H28N4O4. The van der Waals surface area contributed by atoms with Gasteiger partial charge in [0.2, 0.25) is 23.6 Å². The monoisotopic (exact) mass is 388 g/mol. The Kier molecular flexibility index (Phi) is 9.42. The summed E-state index contributed by atoms with van der Waals surface area (Å²) in [5, 5.41) is 0. The summed E-state index contributed by atoms with van der Waals surface area (Å²) in [4.78, 5) is 54.8. The third-order valence-electron chi connectivity index (χ3n) is 4.50. The Bertz CT molecular complexity index is 531. The van der Waals surface area contributed by atoms with Crippen LogP contribution in [-0.4, -0.2) is 95.6 Å². The van der Waals surface area contributed by atoms with Crippen LogP contribution in [0.5, 0.6) is 0 Å². The first-order chi connectivity index (χ1) is 13.4. The van der Waals surface area contributed by atoms with Gasteiger partial charge in [0, 0.05) is 52.4 Å². The van der Waals surface area contributed by atoms with Gasteiger partial charge in [0.25, 0.3) is 0 Å². The molecule has 1 rings (SSSR count). The zero-order valence-corrected chi connectivity index (χ0v) is 16.2. The van der Waals surface area contributed by atoms with E-state index < -0.39 is 0 Å². The van der Waals surface area contributed by atoms with E-state index in [1.54, 1.807) is 0 Å². The predicted octanol–water partition coefficient (Wildman–Crippen LogP) is 0.0584. The second kappa shape index (κ2) is 11.5. The van der Waals surface area contributed by atoms with Crippen molar-refractivity contribution in [3.05, 3.63) is 50.6 Å². The van der Waals surface area contributed by atoms with E-state index in [-0.39, 0.29) is 76.0 Å². The first kappa shape index (κ1) is 22.9. The summed E-state index contributed by atoms with van der Waals surface area (Å²) in [5.41, 5.74) is 0. The number of nitrogens with zero attached hydrogens (tertiary/aromatic N) is 4. The van der Waals surface area contributed by atoms with Crippen molar-refractivity contribution in [2.45, 2.75) is 0 Å². The van der Waals surface area contributed by atoms with Crippen molar-refractivity contribution in [2.75, 3.05) is 52.4 Å². The molecular weight excluding hydrogens is 360 g/mol. The van der Waals surface area contributed by atoms with Gasteiger partial charge in [0.05, 0.1) is 0 Å². The quantitative estimate of drug-likeness (QED) is 0.638. The second-order valence-electron chi connectivity index (χ2n) is 6.12. The number of carbonyl (C=O) groups is 4. The van der Waals surface area contributed by atoms with E-state index in [2.05, 4.69) is 26.3 Å². The summed E-state index contributed by atoms with van der Waals surface area (Å²) < 4.78 is 0. The molecule has 0 N–H and O–H groups in total. The molecule has 152 valence electrons. The van der Waals surface area contributed by atoms with Crippen LogP contribution in [0.1, 0.15) is 0 Å². The maximum Gasteiger partial charge on any atom is 0.246 e. The van der Waals surface area contributed by atoms with Gasteiger partial charge in [0.15, 0.2) is 0 Å². The van der Waals surface area contributed by atoms with Crippen LogP contribution in [0.3, 0.4) is 0 Å². The minimum atomic E-state index is -0.280. The van der Waals surface area contributed by atoms with E-state index in [4.69, 9.17) is 0 Å². The van der Waals surface area contributed by atoms with E-state index in [1.165, 1.54) is 43.9 Å². The minimum Gasteiger partial charge on any atom is -0.336 e. The van der Waals surface area contributed by atoms with E-state index in [0.29, 0.717) is 0 Å². The van der Waals surface area contributed by atoms with Gasteiger partial charge in [-0.3, -0.25) is 19.2 Å². The highest BCUT2D eigenvalue weighted by molar-refractivity contribution is 5.89. The van der Waals surface area contributed by atoms with Gasteiger partial charge in [0.1, 0.15) is 0 Å². The molecule has 0 aromatic rings. The third-order valence-corrected chi connectivity index (χ3v) is 4.50. The molecule has 0 spiro atoms. The van der Waals surface area contributed by atoms with Crippen molar-refractivity contribution < 1.29 is 19.2 Å². The van der Waals surface area contributed by atoms with Gasteiger partial charge in [-0.25, -0.2) is 0 Å². The number of rotatable bonds is 4. The summed E-state index contributed by atoms with van der Waals surface area (Å²) >= 11 is 0. The van der Waals surface area contributed by atoms with E-state index in [1.807, 2.05) is 0 Å². The number of carbonyl (C=O) groups excluding carboxylic acids is 4. The van der Waals surface area contributed by atoms with E-state index >= 15 is 0 Å². The lowest BCUT2D eigenvalue weighted by molar-refractivity contribution is -0.134. The Morgan fingerprint density at radius 2 is 0.571 bits per heavy atom. The zero-order valence-electron chi connectivity index (χ0n) is 16.2. The molecule has 28 heavy (non-hydrogen) atoms. The molecule has 1 heterocycles. The lowest BCUT2D eigenvalue weighted by atomic mass is 10.3. The molecule has 0 bridgehead atoms. The SMILES string of the molecule is C=CC(=O)N1CCN(C(=O)C=C)CCN(C(=O)C=C)CCN(C(=O)C=C)CC1. The minimum absolute atomic E-state index is 0.274. The first-order valence-electron chi connectivity index (χ1n) is 9.03. The molecule has 8 nitrogen and oxygen atoms in total. The van der Waals surface area contributed by atoms with Crippen LogP contribution in [-0.2, 0) is 19.2 Å². The lowest BCUT2D eigenvalue weighted by Gasteiger charge is -2.33. The fourth-order valence-electron chi connectivity index (χ4n) is 2.81. The van der Waals surface area contributed by atoms with Gasteiger partial charge < -0.3 is 19.6 Å². The highest BCUT2D eigenvalue weighted by Gasteiger charge is 2.21. The average molecular weight is 388 g/mol. The van der Waals surface area contributed by atoms with Crippen molar-refractivity contribution in [1.29, 1.82) is 0 Å². The Balaban J connectivity index is 3.10. The van der Waals surface area contributed by atoms with Crippen molar-refractivity contribution in [3.8, 4) is 0 Å². The summed E-state index contributed by atoms with van der Waals surface area (Å²) in [5.74, 6) is -1.12. The largest absolute Gasteiger partial charge is 0.336 e. The molecule has 1 saturated heterocycles. The summed E-state index contributed by atoms with van der Waals surface area (Å²) in [7, 11) is 0. The lowest BCUT2D eigenvalue weighted by Crippen LogP contribution is -2.49. The van der Waals surface area contributed by atoms with Crippen molar-refractivity contribution in [2.24, 2.45) is 0 Å². The molecule has 1 aliphatic rings. The first-order valence-corrected chi connectivity index (χ1v) is 9.03. The second-order valence-corrected chi connectivity index (χ2v) is 6.12. The topological polar surface area (TPSA) is 81.2 Å². The summed E-state index contributed by atoms with van der Waals surface area (Å²) in [6, 6.07) is 0. The van der Waals surface area contributed by atoms with Crippen LogP contribution in [0.25, 0.3) is 0 Å². The molecule has 0 radical (unpaired) electrons. The van der Waals surface area contributed by atoms with Crippen molar-refractivity contribution in [1.82, 2.24) is 19.6 Å². The van der Waals surface area contributed by atoms with Gasteiger partial charge in [-0.05, 0) is 24.3 Å². The smallest absolute Gasteiger partial charge is 0.246 e. The standard InChI is InChI=1S/C20H28N4O4/c1-5-17(25)21-9-11-22(18(26)6-2)13-15-24(20(28)8-4)16-14-23(12-10-21)19(27)7-3/h5-8H,1-4,9-16H2. The zero-order chi connectivity index (χ0) is 21.1. The molecule has 1 fully saturated rings. The summed E-state index contributed by atoms with van der Waals surface area (Å²) in [6.07, 6.45) is 4.82. The van der Waals surface area contributed by atoms with Gasteiger partial charge in [-0.15, -0.1) is 0 Å². The van der Waals surface area contributed by atoms with Crippen LogP contribution in [0.15, 0.2) is 50.6 Å². The molecule has 4 amide bonds. The van der Waals surface area contributed by atoms with E-state index in [9.17, 15) is 19.2 Å².